The zero-order valence-electron chi connectivity index (χ0n) is 10.4. The number of nitrogens with zero attached hydrogens (tertiary/aromatic N) is 2. The Balaban J connectivity index is 2.29. The first-order chi connectivity index (χ1) is 8.95. The molecular weight excluding hydrogens is 264 g/mol. The van der Waals surface area contributed by atoms with Gasteiger partial charge in [-0.25, -0.2) is 8.42 Å². The molecule has 1 N–H and O–H groups in total. The topological polar surface area (TPSA) is 72.2 Å². The zero-order chi connectivity index (χ0) is 13.7. The molecule has 0 saturated heterocycles. The van der Waals surface area contributed by atoms with E-state index < -0.39 is 15.4 Å². The molecule has 1 atom stereocenters. The summed E-state index contributed by atoms with van der Waals surface area (Å²) in [6.07, 6.45) is 1.74. The summed E-state index contributed by atoms with van der Waals surface area (Å²) in [5, 5.41) is 15.0. The fraction of sp³-hybridized carbons (Fsp3) is 0.308. The van der Waals surface area contributed by atoms with Crippen LogP contribution in [0.2, 0.25) is 0 Å². The first-order valence-electron chi connectivity index (χ1n) is 5.98. The molecule has 0 spiro atoms. The SMILES string of the molecule is Cn1nccc1C1(O)CCS(=O)(=O)c2ccccc21. The number of hydrogen-bond acceptors (Lipinski definition) is 4. The van der Waals surface area contributed by atoms with Gasteiger partial charge in [0.1, 0.15) is 5.60 Å². The second-order valence-electron chi connectivity index (χ2n) is 4.77. The summed E-state index contributed by atoms with van der Waals surface area (Å²) in [6.45, 7) is 0. The van der Waals surface area contributed by atoms with E-state index in [9.17, 15) is 13.5 Å². The van der Waals surface area contributed by atoms with Crippen LogP contribution in [0, 0.1) is 0 Å². The molecule has 0 radical (unpaired) electrons. The Labute approximate surface area is 111 Å². The molecule has 1 aliphatic rings. The maximum atomic E-state index is 12.1. The maximum Gasteiger partial charge on any atom is 0.178 e. The van der Waals surface area contributed by atoms with Crippen LogP contribution in [0.15, 0.2) is 41.4 Å². The van der Waals surface area contributed by atoms with Gasteiger partial charge in [-0.15, -0.1) is 0 Å². The van der Waals surface area contributed by atoms with Gasteiger partial charge in [0.2, 0.25) is 0 Å². The summed E-state index contributed by atoms with van der Waals surface area (Å²) in [6, 6.07) is 8.34. The lowest BCUT2D eigenvalue weighted by atomic mass is 9.87. The van der Waals surface area contributed by atoms with E-state index >= 15 is 0 Å². The molecule has 0 fully saturated rings. The molecule has 1 unspecified atom stereocenters. The molecular formula is C13H14N2O3S. The van der Waals surface area contributed by atoms with Crippen molar-refractivity contribution in [3.8, 4) is 0 Å². The van der Waals surface area contributed by atoms with Gasteiger partial charge in [0.15, 0.2) is 9.84 Å². The average molecular weight is 278 g/mol. The van der Waals surface area contributed by atoms with Gasteiger partial charge >= 0.3 is 0 Å². The normalized spacial score (nSPS) is 24.9. The first-order valence-corrected chi connectivity index (χ1v) is 7.63. The van der Waals surface area contributed by atoms with E-state index in [2.05, 4.69) is 5.10 Å². The summed E-state index contributed by atoms with van der Waals surface area (Å²) in [7, 11) is -1.57. The monoisotopic (exact) mass is 278 g/mol. The molecule has 0 saturated carbocycles. The molecule has 0 amide bonds. The minimum atomic E-state index is -3.31. The van der Waals surface area contributed by atoms with E-state index in [1.54, 1.807) is 48.3 Å². The van der Waals surface area contributed by atoms with Crippen molar-refractivity contribution in [1.29, 1.82) is 0 Å². The number of hydrogen-bond donors (Lipinski definition) is 1. The Kier molecular flexibility index (Phi) is 2.55. The number of aromatic nitrogens is 2. The summed E-state index contributed by atoms with van der Waals surface area (Å²) >= 11 is 0. The van der Waals surface area contributed by atoms with Crippen LogP contribution in [-0.2, 0) is 22.5 Å². The van der Waals surface area contributed by atoms with Crippen molar-refractivity contribution in [3.05, 3.63) is 47.8 Å². The summed E-state index contributed by atoms with van der Waals surface area (Å²) in [5.74, 6) is -0.0638. The van der Waals surface area contributed by atoms with E-state index in [1.165, 1.54) is 0 Å². The minimum Gasteiger partial charge on any atom is -0.379 e. The molecule has 1 aromatic carbocycles. The fourth-order valence-electron chi connectivity index (χ4n) is 2.65. The molecule has 19 heavy (non-hydrogen) atoms. The lowest BCUT2D eigenvalue weighted by molar-refractivity contribution is 0.0631. The molecule has 2 heterocycles. The summed E-state index contributed by atoms with van der Waals surface area (Å²) in [5.41, 5.74) is -0.257. The van der Waals surface area contributed by atoms with Crippen molar-refractivity contribution in [2.45, 2.75) is 16.9 Å². The Hall–Kier alpha value is -1.66. The second kappa shape index (κ2) is 3.91. The van der Waals surface area contributed by atoms with Crippen LogP contribution >= 0.6 is 0 Å². The number of fused-ring (bicyclic) bond motifs is 1. The number of aliphatic hydroxyl groups is 1. The van der Waals surface area contributed by atoms with E-state index in [0.717, 1.165) is 0 Å². The standard InChI is InChI=1S/C13H14N2O3S/c1-15-12(6-8-14-15)13(16)7-9-19(17,18)11-5-3-2-4-10(11)13/h2-6,8,16H,7,9H2,1H3. The molecule has 1 aliphatic heterocycles. The largest absolute Gasteiger partial charge is 0.379 e. The van der Waals surface area contributed by atoms with Crippen LogP contribution in [0.4, 0.5) is 0 Å². The fourth-order valence-corrected chi connectivity index (χ4v) is 4.29. The third-order valence-corrected chi connectivity index (χ3v) is 5.41. The summed E-state index contributed by atoms with van der Waals surface area (Å²) in [4.78, 5) is 0.213. The highest BCUT2D eigenvalue weighted by Gasteiger charge is 2.43. The predicted octanol–water partition coefficient (Wildman–Crippen LogP) is 0.833. The Morgan fingerprint density at radius 2 is 2.05 bits per heavy atom. The lowest BCUT2D eigenvalue weighted by Crippen LogP contribution is -2.37. The van der Waals surface area contributed by atoms with Gasteiger partial charge in [-0.2, -0.15) is 5.10 Å². The second-order valence-corrected chi connectivity index (χ2v) is 6.84. The van der Waals surface area contributed by atoms with Crippen LogP contribution in [0.25, 0.3) is 0 Å². The molecule has 100 valence electrons. The Morgan fingerprint density at radius 1 is 1.32 bits per heavy atom. The van der Waals surface area contributed by atoms with E-state index in [0.29, 0.717) is 11.3 Å². The van der Waals surface area contributed by atoms with Gasteiger partial charge in [0, 0.05) is 25.2 Å². The van der Waals surface area contributed by atoms with Crippen molar-refractivity contribution in [3.63, 3.8) is 0 Å². The average Bonchev–Trinajstić information content (AvgIpc) is 2.82. The van der Waals surface area contributed by atoms with Crippen molar-refractivity contribution in [2.24, 2.45) is 7.05 Å². The van der Waals surface area contributed by atoms with Gasteiger partial charge in [-0.05, 0) is 12.1 Å². The van der Waals surface area contributed by atoms with Crippen LogP contribution in [0.5, 0.6) is 0 Å². The molecule has 6 heteroatoms. The van der Waals surface area contributed by atoms with Gasteiger partial charge in [0.25, 0.3) is 0 Å². The van der Waals surface area contributed by atoms with E-state index in [1.807, 2.05) is 0 Å². The van der Waals surface area contributed by atoms with E-state index in [-0.39, 0.29) is 17.1 Å². The van der Waals surface area contributed by atoms with E-state index in [4.69, 9.17) is 0 Å². The first kappa shape index (κ1) is 12.4. The molecule has 5 nitrogen and oxygen atoms in total. The van der Waals surface area contributed by atoms with Crippen LogP contribution < -0.4 is 0 Å². The third kappa shape index (κ3) is 1.71. The smallest absolute Gasteiger partial charge is 0.178 e. The number of sulfone groups is 1. The van der Waals surface area contributed by atoms with Gasteiger partial charge in [0.05, 0.1) is 16.3 Å². The molecule has 1 aromatic heterocycles. The van der Waals surface area contributed by atoms with Crippen molar-refractivity contribution in [1.82, 2.24) is 9.78 Å². The van der Waals surface area contributed by atoms with Crippen LogP contribution in [0.1, 0.15) is 17.7 Å². The predicted molar refractivity (Wildman–Crippen MR) is 69.3 cm³/mol. The number of benzene rings is 1. The van der Waals surface area contributed by atoms with Crippen LogP contribution in [-0.4, -0.2) is 29.1 Å². The Morgan fingerprint density at radius 3 is 2.74 bits per heavy atom. The van der Waals surface area contributed by atoms with Crippen molar-refractivity contribution in [2.75, 3.05) is 5.75 Å². The van der Waals surface area contributed by atoms with Gasteiger partial charge in [-0.1, -0.05) is 18.2 Å². The molecule has 0 aliphatic carbocycles. The zero-order valence-corrected chi connectivity index (χ0v) is 11.3. The van der Waals surface area contributed by atoms with Gasteiger partial charge < -0.3 is 5.11 Å². The highest BCUT2D eigenvalue weighted by atomic mass is 32.2. The third-order valence-electron chi connectivity index (χ3n) is 3.64. The molecule has 2 aromatic rings. The quantitative estimate of drug-likeness (QED) is 0.839. The highest BCUT2D eigenvalue weighted by Crippen LogP contribution is 2.41. The number of aryl methyl sites for hydroxylation is 1. The molecule has 0 bridgehead atoms. The van der Waals surface area contributed by atoms with Crippen LogP contribution in [0.3, 0.4) is 0 Å². The van der Waals surface area contributed by atoms with Gasteiger partial charge in [-0.3, -0.25) is 4.68 Å². The van der Waals surface area contributed by atoms with Crippen molar-refractivity contribution >= 4 is 9.84 Å². The lowest BCUT2D eigenvalue weighted by Gasteiger charge is -2.34. The van der Waals surface area contributed by atoms with Crippen molar-refractivity contribution < 1.29 is 13.5 Å². The number of rotatable bonds is 1. The highest BCUT2D eigenvalue weighted by molar-refractivity contribution is 7.91. The molecule has 3 rings (SSSR count). The maximum absolute atomic E-state index is 12.1. The Bertz CT molecular complexity index is 736. The summed E-state index contributed by atoms with van der Waals surface area (Å²) < 4.78 is 25.7. The minimum absolute atomic E-state index is 0.0638.